The first-order valence-electron chi connectivity index (χ1n) is 10.3. The van der Waals surface area contributed by atoms with Crippen LogP contribution in [0.15, 0.2) is 0 Å². The molecule has 3 rings (SSSR count). The van der Waals surface area contributed by atoms with Gasteiger partial charge in [0.1, 0.15) is 0 Å². The second-order valence-corrected chi connectivity index (χ2v) is 9.04. The minimum Gasteiger partial charge on any atom is -0.303 e. The van der Waals surface area contributed by atoms with Crippen molar-refractivity contribution in [3.05, 3.63) is 0 Å². The highest BCUT2D eigenvalue weighted by molar-refractivity contribution is 4.98. The number of hydrogen-bond acceptors (Lipinski definition) is 2. The van der Waals surface area contributed by atoms with Gasteiger partial charge in [-0.05, 0) is 102 Å². The van der Waals surface area contributed by atoms with E-state index in [0.29, 0.717) is 11.3 Å². The van der Waals surface area contributed by atoms with E-state index in [0.717, 1.165) is 24.8 Å². The lowest BCUT2D eigenvalue weighted by atomic mass is 9.55. The molecule has 0 bridgehead atoms. The molecular formula is C20H38N2. The van der Waals surface area contributed by atoms with Gasteiger partial charge in [-0.3, -0.25) is 0 Å². The molecule has 0 aromatic heterocycles. The van der Waals surface area contributed by atoms with Gasteiger partial charge in [0, 0.05) is 14.0 Å². The van der Waals surface area contributed by atoms with Crippen LogP contribution in [0.25, 0.3) is 0 Å². The van der Waals surface area contributed by atoms with E-state index in [1.54, 1.807) is 0 Å². The molecule has 0 atom stereocenters. The molecule has 0 aromatic carbocycles. The summed E-state index contributed by atoms with van der Waals surface area (Å²) >= 11 is 0. The predicted octanol–water partition coefficient (Wildman–Crippen LogP) is 4.26. The van der Waals surface area contributed by atoms with Gasteiger partial charge in [-0.2, -0.15) is 0 Å². The molecule has 2 heterocycles. The molecule has 0 aromatic rings. The average molecular weight is 308 g/mol. The number of hydrogen-bond donors (Lipinski definition) is 0. The Bertz CT molecular complexity index is 382. The molecule has 128 valence electrons. The number of likely N-dealkylation sites (tertiary alicyclic amines) is 2. The molecule has 2 nitrogen and oxygen atoms in total. The highest BCUT2D eigenvalue weighted by Gasteiger charge is 2.46. The molecule has 22 heavy (non-hydrogen) atoms. The monoisotopic (exact) mass is 307 g/mol. The Hall–Kier alpha value is -0.0800. The summed E-state index contributed by atoms with van der Waals surface area (Å²) in [6, 6.07) is 0.718. The molecule has 0 N–H and O–H groups in total. The lowest BCUT2D eigenvalue weighted by Crippen LogP contribution is -2.49. The summed E-state index contributed by atoms with van der Waals surface area (Å²) in [7, 11) is 0. The van der Waals surface area contributed by atoms with Crippen LogP contribution in [0.1, 0.15) is 67.6 Å². The molecule has 1 saturated carbocycles. The smallest absolute Gasteiger partial charge is 0.0306 e. The molecule has 2 aliphatic heterocycles. The van der Waals surface area contributed by atoms with Gasteiger partial charge in [-0.1, -0.05) is 13.8 Å². The van der Waals surface area contributed by atoms with E-state index in [9.17, 15) is 0 Å². The quantitative estimate of drug-likeness (QED) is 0.766. The van der Waals surface area contributed by atoms with Crippen LogP contribution in [0.3, 0.4) is 0 Å². The van der Waals surface area contributed by atoms with Crippen molar-refractivity contribution in [2.45, 2.75) is 72.3 Å². The summed E-state index contributed by atoms with van der Waals surface area (Å²) in [4.78, 5) is 5.37. The highest BCUT2D eigenvalue weighted by atomic mass is 15.2. The average Bonchev–Trinajstić information content (AvgIpc) is 2.48. The summed E-state index contributed by atoms with van der Waals surface area (Å²) in [5.74, 6) is 1.34. The van der Waals surface area contributed by atoms with Crippen LogP contribution in [-0.4, -0.2) is 48.6 Å². The van der Waals surface area contributed by atoms with Crippen LogP contribution in [-0.2, 0) is 0 Å². The largest absolute Gasteiger partial charge is 0.303 e. The van der Waals surface area contributed by atoms with E-state index in [-0.39, 0.29) is 5.89 Å². The van der Waals surface area contributed by atoms with E-state index < -0.39 is 0 Å². The van der Waals surface area contributed by atoms with Crippen molar-refractivity contribution in [2.75, 3.05) is 32.7 Å². The van der Waals surface area contributed by atoms with Crippen LogP contribution < -0.4 is 0 Å². The molecule has 3 aliphatic rings. The van der Waals surface area contributed by atoms with Gasteiger partial charge >= 0.3 is 0 Å². The normalized spacial score (nSPS) is 30.7. The van der Waals surface area contributed by atoms with E-state index in [1.807, 2.05) is 0 Å². The molecule has 0 amide bonds. The third-order valence-electron chi connectivity index (χ3n) is 6.83. The number of piperidine rings is 2. The Morgan fingerprint density at radius 2 is 1.59 bits per heavy atom. The lowest BCUT2D eigenvalue weighted by molar-refractivity contribution is -0.0352. The zero-order valence-electron chi connectivity index (χ0n) is 16.4. The van der Waals surface area contributed by atoms with E-state index in [2.05, 4.69) is 37.5 Å². The number of rotatable bonds is 4. The van der Waals surface area contributed by atoms with Crippen molar-refractivity contribution in [1.29, 1.82) is 0 Å². The topological polar surface area (TPSA) is 6.48 Å². The van der Waals surface area contributed by atoms with Crippen molar-refractivity contribution < 1.29 is 1.37 Å². The van der Waals surface area contributed by atoms with Gasteiger partial charge in [0.2, 0.25) is 0 Å². The number of nitrogens with zero attached hydrogens (tertiary/aromatic N) is 2. The second kappa shape index (κ2) is 6.81. The van der Waals surface area contributed by atoms with Crippen molar-refractivity contribution >= 4 is 0 Å². The Labute approximate surface area is 140 Å². The van der Waals surface area contributed by atoms with Crippen molar-refractivity contribution in [1.82, 2.24) is 9.80 Å². The first-order chi connectivity index (χ1) is 10.8. The molecule has 1 aliphatic carbocycles. The minimum atomic E-state index is -0.105. The van der Waals surface area contributed by atoms with Gasteiger partial charge in [-0.25, -0.2) is 0 Å². The highest BCUT2D eigenvalue weighted by Crippen LogP contribution is 2.54. The standard InChI is InChI=1S/C20H38N2/c1-16(2)19-13-20(14-19)7-11-21(12-8-20)15-18-5-9-22(10-6-18)17(3)4/h16-19H,5-15H2,1-4H3/i19D. The summed E-state index contributed by atoms with van der Waals surface area (Å²) in [5.41, 5.74) is 0.545. The van der Waals surface area contributed by atoms with Crippen molar-refractivity contribution in [3.8, 4) is 0 Å². The molecule has 2 saturated heterocycles. The third kappa shape index (κ3) is 3.70. The van der Waals surface area contributed by atoms with E-state index >= 15 is 0 Å². The van der Waals surface area contributed by atoms with Crippen LogP contribution >= 0.6 is 0 Å². The minimum absolute atomic E-state index is 0.105. The zero-order valence-corrected chi connectivity index (χ0v) is 15.4. The fourth-order valence-electron chi connectivity index (χ4n) is 4.90. The Morgan fingerprint density at radius 3 is 2.09 bits per heavy atom. The molecule has 2 heteroatoms. The van der Waals surface area contributed by atoms with E-state index in [4.69, 9.17) is 1.37 Å². The van der Waals surface area contributed by atoms with E-state index in [1.165, 1.54) is 58.4 Å². The molecule has 3 fully saturated rings. The molecule has 1 spiro atoms. The Kier molecular flexibility index (Phi) is 4.78. The summed E-state index contributed by atoms with van der Waals surface area (Å²) < 4.78 is 8.57. The second-order valence-electron chi connectivity index (χ2n) is 9.04. The Balaban J connectivity index is 1.39. The van der Waals surface area contributed by atoms with Gasteiger partial charge in [0.25, 0.3) is 0 Å². The van der Waals surface area contributed by atoms with Crippen molar-refractivity contribution in [2.24, 2.45) is 23.1 Å². The van der Waals surface area contributed by atoms with Crippen LogP contribution in [0.2, 0.25) is 0 Å². The van der Waals surface area contributed by atoms with Gasteiger partial charge < -0.3 is 9.80 Å². The molecule has 0 radical (unpaired) electrons. The first-order valence-corrected chi connectivity index (χ1v) is 9.78. The van der Waals surface area contributed by atoms with Gasteiger partial charge in [0.05, 0.1) is 0 Å². The maximum Gasteiger partial charge on any atom is 0.0306 e. The zero-order chi connectivity index (χ0) is 16.7. The third-order valence-corrected chi connectivity index (χ3v) is 6.83. The molecule has 0 unspecified atom stereocenters. The Morgan fingerprint density at radius 1 is 1.00 bits per heavy atom. The van der Waals surface area contributed by atoms with Crippen LogP contribution in [0.4, 0.5) is 0 Å². The maximum atomic E-state index is 8.57. The molecular weight excluding hydrogens is 268 g/mol. The van der Waals surface area contributed by atoms with Gasteiger partial charge in [-0.15, -0.1) is 0 Å². The first kappa shape index (κ1) is 15.4. The summed E-state index contributed by atoms with van der Waals surface area (Å²) in [6.45, 7) is 15.6. The van der Waals surface area contributed by atoms with Gasteiger partial charge in [0.15, 0.2) is 0 Å². The predicted molar refractivity (Wildman–Crippen MR) is 95.1 cm³/mol. The van der Waals surface area contributed by atoms with Crippen LogP contribution in [0, 0.1) is 23.1 Å². The fraction of sp³-hybridized carbons (Fsp3) is 1.00. The summed E-state index contributed by atoms with van der Waals surface area (Å²) in [5, 5.41) is 0. The maximum absolute atomic E-state index is 8.57. The van der Waals surface area contributed by atoms with Crippen LogP contribution in [0.5, 0.6) is 0 Å². The van der Waals surface area contributed by atoms with Crippen molar-refractivity contribution in [3.63, 3.8) is 0 Å². The summed E-state index contributed by atoms with van der Waals surface area (Å²) in [6.07, 6.45) is 7.82. The SMILES string of the molecule is [2H]C1(C(C)C)CC2(CCN(CC3CCN(C(C)C)CC3)CC2)C1. The fourth-order valence-corrected chi connectivity index (χ4v) is 4.90. The lowest BCUT2D eigenvalue weighted by Gasteiger charge is -2.54.